The lowest BCUT2D eigenvalue weighted by molar-refractivity contribution is -0.298. The summed E-state index contributed by atoms with van der Waals surface area (Å²) in [4.78, 5) is 0. The normalized spacial score (nSPS) is 68.7. The van der Waals surface area contributed by atoms with E-state index < -0.39 is 0 Å². The van der Waals surface area contributed by atoms with E-state index in [1.807, 2.05) is 0 Å². The van der Waals surface area contributed by atoms with Crippen LogP contribution in [0, 0.1) is 331 Å². The first kappa shape index (κ1) is 67.8. The lowest BCUT2D eigenvalue weighted by Crippen LogP contribution is -2.73. The Kier molecular flexibility index (Phi) is 17.5. The molecule has 92 heavy (non-hydrogen) atoms. The van der Waals surface area contributed by atoms with Crippen LogP contribution in [-0.2, 0) is 0 Å². The van der Waals surface area contributed by atoms with E-state index in [2.05, 4.69) is 194 Å². The van der Waals surface area contributed by atoms with Gasteiger partial charge in [0.25, 0.3) is 0 Å². The minimum atomic E-state index is 0.917. The molecule has 0 nitrogen and oxygen atoms in total. The van der Waals surface area contributed by atoms with Gasteiger partial charge in [-0.3, -0.25) is 0 Å². The van der Waals surface area contributed by atoms with Gasteiger partial charge in [-0.05, 0) is 383 Å². The molecular weight excluding hydrogens is 1110 g/mol. The fourth-order valence-electron chi connectivity index (χ4n) is 35.8. The van der Waals surface area contributed by atoms with Crippen LogP contribution in [-0.4, -0.2) is 0 Å². The van der Waals surface area contributed by atoms with Crippen molar-refractivity contribution in [1.82, 2.24) is 0 Å². The quantitative estimate of drug-likeness (QED) is 0.163. The molecule has 0 heteroatoms. The fourth-order valence-corrected chi connectivity index (χ4v) is 35.8. The van der Waals surface area contributed by atoms with Crippen molar-refractivity contribution in [1.29, 1.82) is 0 Å². The molecule has 0 saturated heterocycles. The van der Waals surface area contributed by atoms with E-state index >= 15 is 0 Å². The van der Waals surface area contributed by atoms with Gasteiger partial charge in [0.05, 0.1) is 0 Å². The zero-order valence-corrected chi connectivity index (χ0v) is 66.0. The zero-order valence-electron chi connectivity index (χ0n) is 66.0. The second-order valence-electron chi connectivity index (χ2n) is 43.8. The molecule has 0 aromatic carbocycles. The van der Waals surface area contributed by atoms with Crippen LogP contribution < -0.4 is 0 Å². The molecule has 0 aromatic heterocycles. The molecule has 0 aliphatic heterocycles. The van der Waals surface area contributed by atoms with Gasteiger partial charge in [-0.2, -0.15) is 0 Å². The highest BCUT2D eigenvalue weighted by atomic mass is 14.8. The Hall–Kier alpha value is 0. The van der Waals surface area contributed by atoms with Gasteiger partial charge in [-0.15, -0.1) is 0 Å². The Balaban J connectivity index is 0.000000208. The summed E-state index contributed by atoms with van der Waals surface area (Å²) >= 11 is 0. The van der Waals surface area contributed by atoms with E-state index in [-0.39, 0.29) is 0 Å². The molecule has 16 saturated carbocycles. The molecule has 524 valence electrons. The first-order valence-corrected chi connectivity index (χ1v) is 43.4. The molecule has 16 aliphatic rings. The average Bonchev–Trinajstić information content (AvgIpc) is 0.681. The fraction of sp³-hybridized carbons (Fsp3) is 1.00. The van der Waals surface area contributed by atoms with Gasteiger partial charge >= 0.3 is 0 Å². The van der Waals surface area contributed by atoms with E-state index in [4.69, 9.17) is 0 Å². The van der Waals surface area contributed by atoms with Crippen LogP contribution in [0.4, 0.5) is 0 Å². The Bertz CT molecular complexity index is 2390. The highest BCUT2D eigenvalue weighted by molar-refractivity contribution is 5.23. The summed E-state index contributed by atoms with van der Waals surface area (Å²) in [5.74, 6) is 55.5. The first-order chi connectivity index (χ1) is 43.4. The van der Waals surface area contributed by atoms with Crippen LogP contribution in [0.3, 0.4) is 0 Å². The molecule has 0 N–H and O–H groups in total. The molecule has 0 spiro atoms. The van der Waals surface area contributed by atoms with E-state index in [0.29, 0.717) is 0 Å². The highest BCUT2D eigenvalue weighted by Gasteiger charge is 2.76. The summed E-state index contributed by atoms with van der Waals surface area (Å²) in [6.07, 6.45) is 12.5. The maximum Gasteiger partial charge on any atom is -0.0312 e. The van der Waals surface area contributed by atoms with Crippen LogP contribution in [0.5, 0.6) is 0 Å². The summed E-state index contributed by atoms with van der Waals surface area (Å²) < 4.78 is 0. The molecule has 16 fully saturated rings. The van der Waals surface area contributed by atoms with Gasteiger partial charge in [0, 0.05) is 0 Å². The van der Waals surface area contributed by atoms with Crippen molar-refractivity contribution in [2.75, 3.05) is 0 Å². The molecule has 0 heterocycles. The Morgan fingerprint density at radius 2 is 0.196 bits per heavy atom. The van der Waals surface area contributed by atoms with Crippen LogP contribution in [0.25, 0.3) is 0 Å². The number of hydrogen-bond acceptors (Lipinski definition) is 0. The van der Waals surface area contributed by atoms with Crippen molar-refractivity contribution in [3.05, 3.63) is 0 Å². The maximum absolute atomic E-state index is 2.85. The van der Waals surface area contributed by atoms with Crippen molar-refractivity contribution in [3.8, 4) is 0 Å². The summed E-state index contributed by atoms with van der Waals surface area (Å²) in [6.45, 7) is 74.7. The molecule has 22 unspecified atom stereocenters. The monoisotopic (exact) mass is 1260 g/mol. The van der Waals surface area contributed by atoms with E-state index in [1.54, 1.807) is 51.4 Å². The topological polar surface area (TPSA) is 0 Å². The second-order valence-corrected chi connectivity index (χ2v) is 43.8. The molecular formula is C92H156. The van der Waals surface area contributed by atoms with Gasteiger partial charge < -0.3 is 0 Å². The molecule has 16 aliphatic carbocycles. The van der Waals surface area contributed by atoms with Crippen LogP contribution >= 0.6 is 0 Å². The molecule has 22 atom stereocenters. The molecule has 0 amide bonds. The van der Waals surface area contributed by atoms with Gasteiger partial charge in [-0.1, -0.05) is 194 Å². The SMILES string of the molecule is CC1CC(C2C(C3C(C)C(C)C3C)C(C3CC(C)C3)C2C2C(C)C(C)C2C)C1.CC1CC(C2C(C3C(C)C(C)C3C)C(C3CC(C)C3)C2C2C(C)C(C3C(C)C(C4C(C)C(C5C(C6C(C)C(C)C6C)C(C6C(C)C(C)C6C)C5C5C(C)C(C)C5C)C4C)C3C)C2C)C1. The first-order valence-electron chi connectivity index (χ1n) is 43.4. The third-order valence-corrected chi connectivity index (χ3v) is 42.1. The average molecular weight is 1260 g/mol. The van der Waals surface area contributed by atoms with Crippen molar-refractivity contribution in [2.45, 2.75) is 245 Å². The maximum atomic E-state index is 2.85. The van der Waals surface area contributed by atoms with Gasteiger partial charge in [0.2, 0.25) is 0 Å². The minimum absolute atomic E-state index is 0.917. The Morgan fingerprint density at radius 3 is 0.315 bits per heavy atom. The van der Waals surface area contributed by atoms with E-state index in [1.165, 1.54) is 0 Å². The molecule has 16 rings (SSSR count). The lowest BCUT2D eigenvalue weighted by Gasteiger charge is -2.77. The van der Waals surface area contributed by atoms with E-state index in [9.17, 15) is 0 Å². The van der Waals surface area contributed by atoms with E-state index in [0.717, 1.165) is 331 Å². The Morgan fingerprint density at radius 1 is 0.0978 bits per heavy atom. The van der Waals surface area contributed by atoms with Crippen LogP contribution in [0.1, 0.15) is 245 Å². The summed E-state index contributed by atoms with van der Waals surface area (Å²) in [6, 6.07) is 0. The summed E-state index contributed by atoms with van der Waals surface area (Å²) in [5.41, 5.74) is 0. The van der Waals surface area contributed by atoms with Crippen molar-refractivity contribution in [2.24, 2.45) is 331 Å². The van der Waals surface area contributed by atoms with Crippen molar-refractivity contribution >= 4 is 0 Å². The predicted octanol–water partition coefficient (Wildman–Crippen LogP) is 24.4. The smallest absolute Gasteiger partial charge is 0.0312 e. The number of hydrogen-bond donors (Lipinski definition) is 0. The van der Waals surface area contributed by atoms with Gasteiger partial charge in [-0.25, -0.2) is 0 Å². The van der Waals surface area contributed by atoms with Gasteiger partial charge in [0.15, 0.2) is 0 Å². The third-order valence-electron chi connectivity index (χ3n) is 42.1. The minimum Gasteiger partial charge on any atom is -0.0625 e. The molecule has 0 aromatic rings. The second kappa shape index (κ2) is 23.8. The predicted molar refractivity (Wildman–Crippen MR) is 391 cm³/mol. The summed E-state index contributed by atoms with van der Waals surface area (Å²) in [7, 11) is 0. The molecule has 0 bridgehead atoms. The third kappa shape index (κ3) is 9.09. The lowest BCUT2D eigenvalue weighted by atomic mass is 9.28. The highest BCUT2D eigenvalue weighted by Crippen LogP contribution is 2.80. The van der Waals surface area contributed by atoms with Crippen LogP contribution in [0.2, 0.25) is 0 Å². The van der Waals surface area contributed by atoms with Crippen molar-refractivity contribution < 1.29 is 0 Å². The van der Waals surface area contributed by atoms with Gasteiger partial charge in [0.1, 0.15) is 0 Å². The Labute approximate surface area is 573 Å². The standard InChI is InChI=1S/C64H108.C28H48/c1-25-21-45(22-25)57-59(47-31(7)27(3)32(47)8)58(46-23-26(2)24-46)60(57)55-41(17)53(42(55)18)51-39(15)52(40(51)16)54-43(19)56(44(54)20)64-62(49-35(11)29(5)36(49)12)61(48-33(9)28(4)34(48)10)63(64)50-37(13)30(6)38(50)14;1-13-9-21(10-13)25-27(23-17(5)15(3)18(23)6)26(22-11-14(2)12-22)28(25)24-19(7)16(4)20(24)8/h25-64H,21-24H2,1-20H3;13-28H,9-12H2,1-8H3. The largest absolute Gasteiger partial charge is 0.0625 e. The van der Waals surface area contributed by atoms with Crippen LogP contribution in [0.15, 0.2) is 0 Å². The zero-order chi connectivity index (χ0) is 66.0. The number of rotatable bonds is 14. The van der Waals surface area contributed by atoms with Crippen molar-refractivity contribution in [3.63, 3.8) is 0 Å². The summed E-state index contributed by atoms with van der Waals surface area (Å²) in [5, 5.41) is 0. The molecule has 0 radical (unpaired) electrons.